The normalized spacial score (nSPS) is 16.9. The van der Waals surface area contributed by atoms with Crippen molar-refractivity contribution in [3.8, 4) is 11.4 Å². The van der Waals surface area contributed by atoms with E-state index in [9.17, 15) is 4.79 Å². The summed E-state index contributed by atoms with van der Waals surface area (Å²) in [6, 6.07) is 3.96. The molecule has 0 aromatic carbocycles. The third-order valence-corrected chi connectivity index (χ3v) is 5.20. The second-order valence-corrected chi connectivity index (χ2v) is 6.77. The first kappa shape index (κ1) is 15.8. The maximum atomic E-state index is 12.4. The van der Waals surface area contributed by atoms with Crippen molar-refractivity contribution in [1.29, 1.82) is 0 Å². The van der Waals surface area contributed by atoms with Crippen LogP contribution in [0.3, 0.4) is 0 Å². The molecule has 3 aromatic heterocycles. The fraction of sp³-hybridized carbons (Fsp3) is 0.375. The summed E-state index contributed by atoms with van der Waals surface area (Å²) in [4.78, 5) is 17.0. The Balaban J connectivity index is 1.48. The molecule has 128 valence electrons. The van der Waals surface area contributed by atoms with Gasteiger partial charge >= 0.3 is 0 Å². The van der Waals surface area contributed by atoms with E-state index in [1.807, 2.05) is 12.1 Å². The Bertz CT molecular complexity index is 889. The number of hydrogen-bond donors (Lipinski definition) is 1. The Morgan fingerprint density at radius 1 is 1.24 bits per heavy atom. The summed E-state index contributed by atoms with van der Waals surface area (Å²) in [6.45, 7) is 2.57. The quantitative estimate of drug-likeness (QED) is 0.767. The van der Waals surface area contributed by atoms with E-state index in [2.05, 4.69) is 34.7 Å². The molecule has 0 saturated heterocycles. The summed E-state index contributed by atoms with van der Waals surface area (Å²) in [5, 5.41) is 15.7. The van der Waals surface area contributed by atoms with Crippen LogP contribution in [-0.2, 0) is 13.0 Å². The maximum absolute atomic E-state index is 12.4. The number of carbonyl (C=O) groups is 1. The van der Waals surface area contributed by atoms with Gasteiger partial charge in [-0.2, -0.15) is 0 Å². The van der Waals surface area contributed by atoms with Gasteiger partial charge < -0.3 is 9.88 Å². The third kappa shape index (κ3) is 3.14. The predicted octanol–water partition coefficient (Wildman–Crippen LogP) is 1.63. The minimum Gasteiger partial charge on any atom is -0.348 e. The molecule has 0 saturated carbocycles. The molecule has 0 fully saturated rings. The van der Waals surface area contributed by atoms with Crippen molar-refractivity contribution >= 4 is 17.4 Å². The zero-order valence-electron chi connectivity index (χ0n) is 13.7. The summed E-state index contributed by atoms with van der Waals surface area (Å²) in [7, 11) is 0. The molecule has 25 heavy (non-hydrogen) atoms. The van der Waals surface area contributed by atoms with Crippen LogP contribution in [0.2, 0.25) is 0 Å². The van der Waals surface area contributed by atoms with Crippen molar-refractivity contribution in [3.05, 3.63) is 40.9 Å². The Morgan fingerprint density at radius 3 is 2.84 bits per heavy atom. The lowest BCUT2D eigenvalue weighted by Crippen LogP contribution is -2.35. The first-order valence-corrected chi connectivity index (χ1v) is 8.92. The molecule has 9 heteroatoms. The van der Waals surface area contributed by atoms with E-state index in [1.54, 1.807) is 19.3 Å². The fourth-order valence-corrected chi connectivity index (χ4v) is 3.60. The van der Waals surface area contributed by atoms with Crippen molar-refractivity contribution < 1.29 is 4.79 Å². The first-order chi connectivity index (χ1) is 12.2. The Kier molecular flexibility index (Phi) is 4.22. The van der Waals surface area contributed by atoms with Crippen LogP contribution < -0.4 is 5.32 Å². The lowest BCUT2D eigenvalue weighted by atomic mass is 10.1. The van der Waals surface area contributed by atoms with Crippen LogP contribution >= 0.6 is 11.5 Å². The average Bonchev–Trinajstić information content (AvgIpc) is 3.19. The van der Waals surface area contributed by atoms with E-state index >= 15 is 0 Å². The highest BCUT2D eigenvalue weighted by atomic mass is 32.1. The molecule has 3 aromatic rings. The molecule has 1 aliphatic rings. The fourth-order valence-electron chi connectivity index (χ4n) is 3.04. The SMILES string of the molecule is Cc1nnsc1C(=O)NC1CCc2nnc(-c3ccncc3)n2CC1. The van der Waals surface area contributed by atoms with Crippen molar-refractivity contribution in [2.75, 3.05) is 0 Å². The van der Waals surface area contributed by atoms with Gasteiger partial charge in [0, 0.05) is 37.0 Å². The smallest absolute Gasteiger partial charge is 0.265 e. The van der Waals surface area contributed by atoms with Crippen LogP contribution in [0.25, 0.3) is 11.4 Å². The molecule has 4 heterocycles. The van der Waals surface area contributed by atoms with E-state index < -0.39 is 0 Å². The number of fused-ring (bicyclic) bond motifs is 1. The van der Waals surface area contributed by atoms with Gasteiger partial charge in [-0.1, -0.05) is 4.49 Å². The van der Waals surface area contributed by atoms with E-state index in [1.165, 1.54) is 0 Å². The van der Waals surface area contributed by atoms with Gasteiger partial charge in [0.2, 0.25) is 0 Å². The second kappa shape index (κ2) is 6.67. The van der Waals surface area contributed by atoms with Gasteiger partial charge in [-0.15, -0.1) is 15.3 Å². The average molecular weight is 355 g/mol. The van der Waals surface area contributed by atoms with Crippen LogP contribution in [0.4, 0.5) is 0 Å². The Hall–Kier alpha value is -2.68. The summed E-state index contributed by atoms with van der Waals surface area (Å²) < 4.78 is 5.97. The molecule has 0 spiro atoms. The van der Waals surface area contributed by atoms with Crippen molar-refractivity contribution in [2.45, 2.75) is 38.8 Å². The van der Waals surface area contributed by atoms with Crippen LogP contribution in [0.1, 0.15) is 34.0 Å². The Labute approximate surface area is 148 Å². The summed E-state index contributed by atoms with van der Waals surface area (Å²) in [5.74, 6) is 1.72. The summed E-state index contributed by atoms with van der Waals surface area (Å²) >= 11 is 1.13. The lowest BCUT2D eigenvalue weighted by Gasteiger charge is -2.15. The highest BCUT2D eigenvalue weighted by molar-refractivity contribution is 7.08. The number of rotatable bonds is 3. The first-order valence-electron chi connectivity index (χ1n) is 8.14. The molecule has 1 unspecified atom stereocenters. The number of amides is 1. The van der Waals surface area contributed by atoms with Gasteiger partial charge in [0.1, 0.15) is 10.7 Å². The van der Waals surface area contributed by atoms with Gasteiger partial charge in [-0.25, -0.2) is 0 Å². The highest BCUT2D eigenvalue weighted by Crippen LogP contribution is 2.22. The monoisotopic (exact) mass is 355 g/mol. The van der Waals surface area contributed by atoms with Crippen LogP contribution in [0.5, 0.6) is 0 Å². The van der Waals surface area contributed by atoms with Crippen LogP contribution in [0.15, 0.2) is 24.5 Å². The largest absolute Gasteiger partial charge is 0.348 e. The van der Waals surface area contributed by atoms with Gasteiger partial charge in [-0.05, 0) is 43.4 Å². The van der Waals surface area contributed by atoms with Crippen LogP contribution in [0, 0.1) is 6.92 Å². The molecule has 1 aliphatic heterocycles. The van der Waals surface area contributed by atoms with E-state index in [-0.39, 0.29) is 11.9 Å². The number of pyridine rings is 1. The molecule has 1 amide bonds. The van der Waals surface area contributed by atoms with Crippen molar-refractivity contribution in [1.82, 2.24) is 34.7 Å². The Morgan fingerprint density at radius 2 is 2.08 bits per heavy atom. The minimum atomic E-state index is -0.0930. The zero-order valence-corrected chi connectivity index (χ0v) is 14.5. The predicted molar refractivity (Wildman–Crippen MR) is 92.1 cm³/mol. The van der Waals surface area contributed by atoms with Gasteiger partial charge in [0.25, 0.3) is 5.91 Å². The zero-order chi connectivity index (χ0) is 17.2. The number of carbonyl (C=O) groups excluding carboxylic acids is 1. The van der Waals surface area contributed by atoms with E-state index in [0.717, 1.165) is 54.6 Å². The lowest BCUT2D eigenvalue weighted by molar-refractivity contribution is 0.0936. The molecule has 1 atom stereocenters. The second-order valence-electron chi connectivity index (χ2n) is 6.01. The topological polar surface area (TPSA) is 98.5 Å². The van der Waals surface area contributed by atoms with Gasteiger partial charge in [0.05, 0.1) is 5.69 Å². The highest BCUT2D eigenvalue weighted by Gasteiger charge is 2.23. The third-order valence-electron chi connectivity index (χ3n) is 4.38. The molecule has 0 radical (unpaired) electrons. The molecular formula is C16H17N7OS. The molecule has 0 bridgehead atoms. The van der Waals surface area contributed by atoms with Crippen molar-refractivity contribution in [3.63, 3.8) is 0 Å². The molecule has 1 N–H and O–H groups in total. The standard InChI is InChI=1S/C16H17N7OS/c1-10-14(25-22-19-10)16(24)18-12-2-3-13-20-21-15(23(13)9-6-12)11-4-7-17-8-5-11/h4-5,7-8,12H,2-3,6,9H2,1H3,(H,18,24). The van der Waals surface area contributed by atoms with Gasteiger partial charge in [-0.3, -0.25) is 9.78 Å². The van der Waals surface area contributed by atoms with Crippen molar-refractivity contribution in [2.24, 2.45) is 0 Å². The number of nitrogens with one attached hydrogen (secondary N) is 1. The van der Waals surface area contributed by atoms with E-state index in [4.69, 9.17) is 0 Å². The van der Waals surface area contributed by atoms with Gasteiger partial charge in [0.15, 0.2) is 5.82 Å². The molecule has 8 nitrogen and oxygen atoms in total. The molecule has 4 rings (SSSR count). The number of aryl methyl sites for hydroxylation is 2. The number of nitrogens with zero attached hydrogens (tertiary/aromatic N) is 6. The minimum absolute atomic E-state index is 0.0930. The molecule has 0 aliphatic carbocycles. The van der Waals surface area contributed by atoms with E-state index in [0.29, 0.717) is 10.6 Å². The van der Waals surface area contributed by atoms with Crippen LogP contribution in [-0.4, -0.2) is 41.3 Å². The number of hydrogen-bond acceptors (Lipinski definition) is 7. The summed E-state index contributed by atoms with van der Waals surface area (Å²) in [6.07, 6.45) is 5.96. The summed E-state index contributed by atoms with van der Waals surface area (Å²) in [5.41, 5.74) is 1.68. The number of aromatic nitrogens is 6. The molecular weight excluding hydrogens is 338 g/mol. The maximum Gasteiger partial charge on any atom is 0.265 e.